The number of benzene rings is 1. The summed E-state index contributed by atoms with van der Waals surface area (Å²) < 4.78 is 6.02. The second-order valence-electron chi connectivity index (χ2n) is 6.15. The molecule has 3 rings (SSSR count). The van der Waals surface area contributed by atoms with Crippen molar-refractivity contribution in [2.75, 3.05) is 26.7 Å². The lowest BCUT2D eigenvalue weighted by atomic mass is 10.0. The van der Waals surface area contributed by atoms with Crippen molar-refractivity contribution < 1.29 is 4.74 Å². The third-order valence-corrected chi connectivity index (χ3v) is 5.48. The minimum Gasteiger partial charge on any atom is -0.370 e. The number of guanidine groups is 1. The van der Waals surface area contributed by atoms with Gasteiger partial charge < -0.3 is 15.0 Å². The summed E-state index contributed by atoms with van der Waals surface area (Å²) in [4.78, 5) is 11.3. The molecule has 0 amide bonds. The Labute approximate surface area is 176 Å². The minimum atomic E-state index is 0. The molecule has 0 aliphatic carbocycles. The number of aryl methyl sites for hydroxylation is 2. The molecule has 142 valence electrons. The largest absolute Gasteiger partial charge is 0.370 e. The van der Waals surface area contributed by atoms with Crippen LogP contribution in [-0.2, 0) is 17.7 Å². The molecule has 7 heteroatoms. The van der Waals surface area contributed by atoms with Crippen molar-refractivity contribution >= 4 is 41.3 Å². The van der Waals surface area contributed by atoms with Crippen molar-refractivity contribution in [2.24, 2.45) is 4.99 Å². The molecule has 2 heterocycles. The smallest absolute Gasteiger partial charge is 0.194 e. The average molecular weight is 486 g/mol. The van der Waals surface area contributed by atoms with Crippen molar-refractivity contribution in [3.05, 3.63) is 51.5 Å². The molecule has 0 saturated carbocycles. The van der Waals surface area contributed by atoms with Gasteiger partial charge in [-0.05, 0) is 24.5 Å². The van der Waals surface area contributed by atoms with Crippen molar-refractivity contribution in [1.29, 1.82) is 0 Å². The second kappa shape index (κ2) is 10.2. The van der Waals surface area contributed by atoms with Crippen LogP contribution in [0.1, 0.15) is 34.9 Å². The van der Waals surface area contributed by atoms with Crippen LogP contribution in [0.15, 0.2) is 34.6 Å². The van der Waals surface area contributed by atoms with E-state index in [1.165, 1.54) is 16.1 Å². The first-order valence-corrected chi connectivity index (χ1v) is 9.65. The fourth-order valence-corrected chi connectivity index (χ4v) is 3.82. The molecule has 1 unspecified atom stereocenters. The van der Waals surface area contributed by atoms with Crippen LogP contribution in [0.5, 0.6) is 0 Å². The van der Waals surface area contributed by atoms with E-state index < -0.39 is 0 Å². The second-order valence-corrected chi connectivity index (χ2v) is 7.09. The van der Waals surface area contributed by atoms with Gasteiger partial charge in [0.1, 0.15) is 6.10 Å². The highest BCUT2D eigenvalue weighted by Crippen LogP contribution is 2.25. The fraction of sp³-hybridized carbons (Fsp3) is 0.474. The number of rotatable bonds is 4. The van der Waals surface area contributed by atoms with E-state index in [2.05, 4.69) is 63.7 Å². The zero-order valence-electron chi connectivity index (χ0n) is 15.6. The fourth-order valence-electron chi connectivity index (χ4n) is 3.07. The van der Waals surface area contributed by atoms with Crippen LogP contribution in [0.2, 0.25) is 0 Å². The van der Waals surface area contributed by atoms with Gasteiger partial charge in [0.25, 0.3) is 0 Å². The number of nitrogens with zero attached hydrogens (tertiary/aromatic N) is 3. The molecule has 5 nitrogen and oxygen atoms in total. The molecular formula is C19H27IN4OS. The first-order chi connectivity index (χ1) is 12.2. The molecule has 1 aromatic carbocycles. The molecule has 2 aromatic rings. The summed E-state index contributed by atoms with van der Waals surface area (Å²) in [6, 6.07) is 8.43. The number of hydrogen-bond acceptors (Lipinski definition) is 4. The summed E-state index contributed by atoms with van der Waals surface area (Å²) in [5.74, 6) is 0.910. The standard InChI is InChI=1S/C19H26N4OS.HI/c1-4-18-22-15(13-25-18)11-21-19(20-3)23-9-10-24-17(12-23)16-8-6-5-7-14(16)2;/h5-8,13,17H,4,9-12H2,1-3H3,(H,20,21);1H. The predicted octanol–water partition coefficient (Wildman–Crippen LogP) is 3.78. The third-order valence-electron chi connectivity index (χ3n) is 4.44. The average Bonchev–Trinajstić information content (AvgIpc) is 3.11. The molecule has 1 atom stereocenters. The molecule has 1 saturated heterocycles. The summed E-state index contributed by atoms with van der Waals surface area (Å²) in [7, 11) is 1.83. The molecule has 1 aromatic heterocycles. The number of thiazole rings is 1. The first-order valence-electron chi connectivity index (χ1n) is 8.77. The lowest BCUT2D eigenvalue weighted by Crippen LogP contribution is -2.48. The third kappa shape index (κ3) is 5.17. The van der Waals surface area contributed by atoms with Gasteiger partial charge in [-0.3, -0.25) is 4.99 Å². The molecule has 0 bridgehead atoms. The normalized spacial score (nSPS) is 17.7. The number of aromatic nitrogens is 1. The van der Waals surface area contributed by atoms with Gasteiger partial charge in [-0.15, -0.1) is 35.3 Å². The summed E-state index contributed by atoms with van der Waals surface area (Å²) in [6.45, 7) is 7.33. The van der Waals surface area contributed by atoms with E-state index in [9.17, 15) is 0 Å². The summed E-state index contributed by atoms with van der Waals surface area (Å²) >= 11 is 1.72. The molecule has 1 aliphatic rings. The molecule has 1 fully saturated rings. The van der Waals surface area contributed by atoms with Gasteiger partial charge in [0.2, 0.25) is 0 Å². The number of nitrogens with one attached hydrogen (secondary N) is 1. The first kappa shape index (κ1) is 21.1. The van der Waals surface area contributed by atoms with Crippen LogP contribution in [0.3, 0.4) is 0 Å². The van der Waals surface area contributed by atoms with Gasteiger partial charge in [-0.1, -0.05) is 31.2 Å². The van der Waals surface area contributed by atoms with Crippen molar-refractivity contribution in [3.8, 4) is 0 Å². The van der Waals surface area contributed by atoms with Gasteiger partial charge in [0.15, 0.2) is 5.96 Å². The van der Waals surface area contributed by atoms with Crippen LogP contribution >= 0.6 is 35.3 Å². The molecule has 1 aliphatic heterocycles. The van der Waals surface area contributed by atoms with Crippen LogP contribution in [-0.4, -0.2) is 42.6 Å². The van der Waals surface area contributed by atoms with Gasteiger partial charge in [-0.25, -0.2) is 4.98 Å². The Morgan fingerprint density at radius 1 is 1.42 bits per heavy atom. The maximum absolute atomic E-state index is 6.02. The highest BCUT2D eigenvalue weighted by molar-refractivity contribution is 14.0. The Balaban J connectivity index is 0.00000243. The SMILES string of the molecule is CCc1nc(CNC(=NC)N2CCOC(c3ccccc3C)C2)cs1.I. The highest BCUT2D eigenvalue weighted by Gasteiger charge is 2.25. The molecule has 0 spiro atoms. The highest BCUT2D eigenvalue weighted by atomic mass is 127. The Hall–Kier alpha value is -1.19. The van der Waals surface area contributed by atoms with Gasteiger partial charge in [0, 0.05) is 19.0 Å². The molecule has 26 heavy (non-hydrogen) atoms. The molecule has 1 N–H and O–H groups in total. The lowest BCUT2D eigenvalue weighted by molar-refractivity contribution is -0.00834. The van der Waals surface area contributed by atoms with Gasteiger partial charge in [0.05, 0.1) is 30.4 Å². The van der Waals surface area contributed by atoms with E-state index in [0.717, 1.165) is 31.2 Å². The Kier molecular flexibility index (Phi) is 8.30. The maximum Gasteiger partial charge on any atom is 0.194 e. The van der Waals surface area contributed by atoms with E-state index in [4.69, 9.17) is 4.74 Å². The minimum absolute atomic E-state index is 0. The van der Waals surface area contributed by atoms with Crippen molar-refractivity contribution in [1.82, 2.24) is 15.2 Å². The zero-order chi connectivity index (χ0) is 17.6. The van der Waals surface area contributed by atoms with E-state index in [1.807, 2.05) is 7.05 Å². The van der Waals surface area contributed by atoms with Crippen LogP contribution in [0, 0.1) is 6.92 Å². The van der Waals surface area contributed by atoms with Crippen molar-refractivity contribution in [3.63, 3.8) is 0 Å². The van der Waals surface area contributed by atoms with Crippen molar-refractivity contribution in [2.45, 2.75) is 32.9 Å². The Morgan fingerprint density at radius 3 is 2.92 bits per heavy atom. The van der Waals surface area contributed by atoms with E-state index >= 15 is 0 Å². The lowest BCUT2D eigenvalue weighted by Gasteiger charge is -2.35. The quantitative estimate of drug-likeness (QED) is 0.406. The van der Waals surface area contributed by atoms with E-state index in [1.54, 1.807) is 11.3 Å². The maximum atomic E-state index is 6.02. The van der Waals surface area contributed by atoms with E-state index in [-0.39, 0.29) is 30.1 Å². The summed E-state index contributed by atoms with van der Waals surface area (Å²) in [6.07, 6.45) is 1.07. The number of morpholine rings is 1. The van der Waals surface area contributed by atoms with Gasteiger partial charge in [-0.2, -0.15) is 0 Å². The Bertz CT molecular complexity index is 734. The molecular weight excluding hydrogens is 459 g/mol. The summed E-state index contributed by atoms with van der Waals surface area (Å²) in [5, 5.41) is 6.74. The number of hydrogen-bond donors (Lipinski definition) is 1. The number of aliphatic imine (C=N–C) groups is 1. The number of halogens is 1. The predicted molar refractivity (Wildman–Crippen MR) is 119 cm³/mol. The molecule has 0 radical (unpaired) electrons. The van der Waals surface area contributed by atoms with Crippen LogP contribution in [0.4, 0.5) is 0 Å². The zero-order valence-corrected chi connectivity index (χ0v) is 18.7. The van der Waals surface area contributed by atoms with E-state index in [0.29, 0.717) is 13.2 Å². The van der Waals surface area contributed by atoms with Crippen LogP contribution in [0.25, 0.3) is 0 Å². The monoisotopic (exact) mass is 486 g/mol. The van der Waals surface area contributed by atoms with Gasteiger partial charge >= 0.3 is 0 Å². The van der Waals surface area contributed by atoms with Crippen LogP contribution < -0.4 is 5.32 Å². The summed E-state index contributed by atoms with van der Waals surface area (Å²) in [5.41, 5.74) is 3.60. The number of ether oxygens (including phenoxy) is 1. The Morgan fingerprint density at radius 2 is 2.23 bits per heavy atom. The topological polar surface area (TPSA) is 49.8 Å².